The number of benzene rings is 2. The van der Waals surface area contributed by atoms with Crippen molar-refractivity contribution in [2.75, 3.05) is 13.1 Å². The Labute approximate surface area is 147 Å². The zero-order valence-corrected chi connectivity index (χ0v) is 13.9. The Morgan fingerprint density at radius 3 is 2.36 bits per heavy atom. The van der Waals surface area contributed by atoms with Crippen molar-refractivity contribution in [1.29, 1.82) is 5.26 Å². The number of aliphatic hydroxyl groups excluding tert-OH is 1. The van der Waals surface area contributed by atoms with E-state index in [9.17, 15) is 10.4 Å². The predicted molar refractivity (Wildman–Crippen MR) is 98.6 cm³/mol. The van der Waals surface area contributed by atoms with Crippen LogP contribution in [0.4, 0.5) is 5.69 Å². The lowest BCUT2D eigenvalue weighted by atomic mass is 9.93. The summed E-state index contributed by atoms with van der Waals surface area (Å²) in [5.74, 6) is 0.927. The van der Waals surface area contributed by atoms with Crippen molar-refractivity contribution in [3.63, 3.8) is 0 Å². The first-order valence-corrected chi connectivity index (χ1v) is 8.58. The summed E-state index contributed by atoms with van der Waals surface area (Å²) in [6, 6.07) is 18.3. The van der Waals surface area contributed by atoms with E-state index in [0.717, 1.165) is 59.7 Å². The fraction of sp³-hybridized carbons (Fsp3) is 0.238. The van der Waals surface area contributed by atoms with Gasteiger partial charge in [0.2, 0.25) is 0 Å². The number of rotatable bonds is 0. The standard InChI is InChI=1S/C21H19N3O/c22-12-9-17-16-5-1-2-7-19(16)21(24-13-10-15(25)11-14-24)23-20-8-4-3-6-18(17)20/h1-9,15,25H,10-11,13-14H2/b17-9+. The lowest BCUT2D eigenvalue weighted by molar-refractivity contribution is 0.109. The van der Waals surface area contributed by atoms with Crippen LogP contribution in [0.5, 0.6) is 0 Å². The van der Waals surface area contributed by atoms with Gasteiger partial charge < -0.3 is 10.0 Å². The highest BCUT2D eigenvalue weighted by Crippen LogP contribution is 2.37. The number of hydrogen-bond acceptors (Lipinski definition) is 4. The predicted octanol–water partition coefficient (Wildman–Crippen LogP) is 3.49. The molecule has 0 aliphatic carbocycles. The van der Waals surface area contributed by atoms with Crippen molar-refractivity contribution in [2.45, 2.75) is 18.9 Å². The molecule has 0 unspecified atom stereocenters. The number of aliphatic hydroxyl groups is 1. The van der Waals surface area contributed by atoms with Crippen LogP contribution in [0.2, 0.25) is 0 Å². The molecule has 0 aromatic heterocycles. The van der Waals surface area contributed by atoms with Gasteiger partial charge in [-0.05, 0) is 24.5 Å². The Bertz CT molecular complexity index is 899. The van der Waals surface area contributed by atoms with Crippen LogP contribution < -0.4 is 0 Å². The Morgan fingerprint density at radius 1 is 1.00 bits per heavy atom. The number of para-hydroxylation sites is 1. The topological polar surface area (TPSA) is 59.6 Å². The maximum atomic E-state index is 9.83. The minimum absolute atomic E-state index is 0.223. The molecule has 1 N–H and O–H groups in total. The molecular weight excluding hydrogens is 310 g/mol. The van der Waals surface area contributed by atoms with Gasteiger partial charge in [0.15, 0.2) is 0 Å². The van der Waals surface area contributed by atoms with E-state index >= 15 is 0 Å². The van der Waals surface area contributed by atoms with Gasteiger partial charge in [0.25, 0.3) is 0 Å². The maximum absolute atomic E-state index is 9.83. The minimum atomic E-state index is -0.223. The fourth-order valence-corrected chi connectivity index (χ4v) is 3.57. The number of allylic oxidation sites excluding steroid dienone is 1. The Hall–Kier alpha value is -2.90. The first kappa shape index (κ1) is 15.6. The molecule has 0 spiro atoms. The number of piperidine rings is 1. The lowest BCUT2D eigenvalue weighted by Crippen LogP contribution is -2.40. The van der Waals surface area contributed by atoms with Crippen LogP contribution in [-0.2, 0) is 0 Å². The number of aliphatic imine (C=N–C) groups is 1. The van der Waals surface area contributed by atoms with Gasteiger partial charge in [-0.15, -0.1) is 0 Å². The Kier molecular flexibility index (Phi) is 4.09. The van der Waals surface area contributed by atoms with Crippen molar-refractivity contribution in [3.8, 4) is 6.07 Å². The summed E-state index contributed by atoms with van der Waals surface area (Å²) in [7, 11) is 0. The van der Waals surface area contributed by atoms with Crippen molar-refractivity contribution >= 4 is 17.1 Å². The maximum Gasteiger partial charge on any atom is 0.137 e. The molecule has 2 heterocycles. The molecule has 0 amide bonds. The van der Waals surface area contributed by atoms with E-state index in [1.165, 1.54) is 0 Å². The number of likely N-dealkylation sites (tertiary alicyclic amines) is 1. The highest BCUT2D eigenvalue weighted by molar-refractivity contribution is 6.08. The zero-order chi connectivity index (χ0) is 17.2. The molecule has 0 saturated carbocycles. The van der Waals surface area contributed by atoms with E-state index in [1.807, 2.05) is 36.4 Å². The molecule has 4 rings (SSSR count). The van der Waals surface area contributed by atoms with E-state index < -0.39 is 0 Å². The average Bonchev–Trinajstić information content (AvgIpc) is 2.79. The van der Waals surface area contributed by atoms with Gasteiger partial charge in [-0.25, -0.2) is 4.99 Å². The number of fused-ring (bicyclic) bond motifs is 2. The second-order valence-electron chi connectivity index (χ2n) is 6.40. The third kappa shape index (κ3) is 2.84. The van der Waals surface area contributed by atoms with Gasteiger partial charge in [0.1, 0.15) is 5.84 Å². The van der Waals surface area contributed by atoms with Crippen molar-refractivity contribution in [2.24, 2.45) is 4.99 Å². The van der Waals surface area contributed by atoms with Gasteiger partial charge in [-0.3, -0.25) is 0 Å². The van der Waals surface area contributed by atoms with Crippen LogP contribution in [-0.4, -0.2) is 35.0 Å². The third-order valence-corrected chi connectivity index (χ3v) is 4.85. The van der Waals surface area contributed by atoms with Gasteiger partial charge in [0.05, 0.1) is 17.9 Å². The lowest BCUT2D eigenvalue weighted by Gasteiger charge is -2.32. The molecule has 4 nitrogen and oxygen atoms in total. The number of nitrogens with zero attached hydrogens (tertiary/aromatic N) is 3. The van der Waals surface area contributed by atoms with Gasteiger partial charge >= 0.3 is 0 Å². The molecule has 0 bridgehead atoms. The first-order valence-electron chi connectivity index (χ1n) is 8.58. The number of hydrogen-bond donors (Lipinski definition) is 1. The Morgan fingerprint density at radius 2 is 1.64 bits per heavy atom. The van der Waals surface area contributed by atoms with E-state index in [-0.39, 0.29) is 6.10 Å². The number of amidine groups is 1. The second-order valence-corrected chi connectivity index (χ2v) is 6.40. The zero-order valence-electron chi connectivity index (χ0n) is 13.9. The fourth-order valence-electron chi connectivity index (χ4n) is 3.57. The molecule has 1 fully saturated rings. The van der Waals surface area contributed by atoms with Gasteiger partial charge in [-0.2, -0.15) is 5.26 Å². The highest BCUT2D eigenvalue weighted by Gasteiger charge is 2.26. The molecule has 2 aromatic rings. The molecule has 2 aliphatic rings. The minimum Gasteiger partial charge on any atom is -0.393 e. The molecule has 2 aromatic carbocycles. The average molecular weight is 329 g/mol. The molecule has 2 aliphatic heterocycles. The first-order chi connectivity index (χ1) is 12.3. The van der Waals surface area contributed by atoms with Crippen LogP contribution in [0, 0.1) is 11.3 Å². The largest absolute Gasteiger partial charge is 0.393 e. The molecule has 0 atom stereocenters. The van der Waals surface area contributed by atoms with Crippen LogP contribution in [0.25, 0.3) is 5.57 Å². The summed E-state index contributed by atoms with van der Waals surface area (Å²) in [6.45, 7) is 1.57. The number of nitriles is 1. The van der Waals surface area contributed by atoms with Gasteiger partial charge in [-0.1, -0.05) is 42.5 Å². The summed E-state index contributed by atoms with van der Waals surface area (Å²) in [5, 5.41) is 19.1. The van der Waals surface area contributed by atoms with Gasteiger partial charge in [0, 0.05) is 35.9 Å². The molecular formula is C21H19N3O. The molecule has 4 heteroatoms. The monoisotopic (exact) mass is 329 g/mol. The van der Waals surface area contributed by atoms with E-state index in [0.29, 0.717) is 0 Å². The molecule has 0 radical (unpaired) electrons. The van der Waals surface area contributed by atoms with E-state index in [1.54, 1.807) is 6.08 Å². The van der Waals surface area contributed by atoms with E-state index in [2.05, 4.69) is 23.1 Å². The van der Waals surface area contributed by atoms with Crippen molar-refractivity contribution in [3.05, 3.63) is 71.3 Å². The van der Waals surface area contributed by atoms with Crippen LogP contribution in [0.3, 0.4) is 0 Å². The Balaban J connectivity index is 1.92. The third-order valence-electron chi connectivity index (χ3n) is 4.85. The SMILES string of the molecule is N#C/C=C1/c2ccccc2N=C(N2CCC(O)CC2)c2ccccc21. The summed E-state index contributed by atoms with van der Waals surface area (Å²) in [6.07, 6.45) is 2.89. The smallest absolute Gasteiger partial charge is 0.137 e. The quantitative estimate of drug-likeness (QED) is 0.753. The highest BCUT2D eigenvalue weighted by atomic mass is 16.3. The normalized spacial score (nSPS) is 18.8. The molecule has 25 heavy (non-hydrogen) atoms. The van der Waals surface area contributed by atoms with Crippen LogP contribution >= 0.6 is 0 Å². The summed E-state index contributed by atoms with van der Waals surface area (Å²) in [5.41, 5.74) is 4.82. The summed E-state index contributed by atoms with van der Waals surface area (Å²) in [4.78, 5) is 7.22. The van der Waals surface area contributed by atoms with Crippen LogP contribution in [0.1, 0.15) is 29.5 Å². The molecule has 124 valence electrons. The summed E-state index contributed by atoms with van der Waals surface area (Å²) >= 11 is 0. The second kappa shape index (κ2) is 6.54. The molecule has 1 saturated heterocycles. The van der Waals surface area contributed by atoms with Crippen molar-refractivity contribution in [1.82, 2.24) is 4.90 Å². The van der Waals surface area contributed by atoms with Crippen molar-refractivity contribution < 1.29 is 5.11 Å². The van der Waals surface area contributed by atoms with Crippen LogP contribution in [0.15, 0.2) is 59.6 Å². The van der Waals surface area contributed by atoms with E-state index in [4.69, 9.17) is 4.99 Å². The summed E-state index contributed by atoms with van der Waals surface area (Å²) < 4.78 is 0.